The molecule has 1 rings (SSSR count). The summed E-state index contributed by atoms with van der Waals surface area (Å²) in [5, 5.41) is 0. The molecule has 2 unspecified atom stereocenters. The van der Waals surface area contributed by atoms with E-state index in [9.17, 15) is 0 Å². The SMILES string of the molecule is CCC1C=CCCCC(C)CCC1. The average molecular weight is 180 g/mol. The Kier molecular flexibility index (Phi) is 5.19. The molecule has 1 aliphatic carbocycles. The molecule has 1 aliphatic rings. The molecule has 2 atom stereocenters. The van der Waals surface area contributed by atoms with Crippen LogP contribution in [0.4, 0.5) is 0 Å². The Morgan fingerprint density at radius 2 is 1.92 bits per heavy atom. The highest BCUT2D eigenvalue weighted by Crippen LogP contribution is 2.22. The van der Waals surface area contributed by atoms with Gasteiger partial charge < -0.3 is 0 Å². The molecule has 0 N–H and O–H groups in total. The van der Waals surface area contributed by atoms with Gasteiger partial charge in [0.15, 0.2) is 0 Å². The molecule has 0 aliphatic heterocycles. The van der Waals surface area contributed by atoms with E-state index in [0.717, 1.165) is 11.8 Å². The summed E-state index contributed by atoms with van der Waals surface area (Å²) >= 11 is 0. The maximum atomic E-state index is 2.45. The second kappa shape index (κ2) is 6.23. The van der Waals surface area contributed by atoms with Crippen LogP contribution in [0.1, 0.15) is 58.8 Å². The van der Waals surface area contributed by atoms with E-state index in [1.807, 2.05) is 0 Å². The van der Waals surface area contributed by atoms with Crippen molar-refractivity contribution in [1.29, 1.82) is 0 Å². The van der Waals surface area contributed by atoms with E-state index >= 15 is 0 Å². The van der Waals surface area contributed by atoms with Gasteiger partial charge in [0.2, 0.25) is 0 Å². The monoisotopic (exact) mass is 180 g/mol. The minimum absolute atomic E-state index is 0.866. The predicted molar refractivity (Wildman–Crippen MR) is 59.8 cm³/mol. The van der Waals surface area contributed by atoms with Crippen LogP contribution in [-0.2, 0) is 0 Å². The number of hydrogen-bond donors (Lipinski definition) is 0. The topological polar surface area (TPSA) is 0 Å². The molecule has 0 spiro atoms. The summed E-state index contributed by atoms with van der Waals surface area (Å²) < 4.78 is 0. The molecule has 0 aromatic carbocycles. The molecule has 0 saturated carbocycles. The van der Waals surface area contributed by atoms with Crippen molar-refractivity contribution in [2.24, 2.45) is 11.8 Å². The van der Waals surface area contributed by atoms with Crippen LogP contribution >= 0.6 is 0 Å². The lowest BCUT2D eigenvalue weighted by atomic mass is 9.91. The fourth-order valence-electron chi connectivity index (χ4n) is 2.18. The standard InChI is InChI=1S/C13H24/c1-3-13-10-6-4-5-8-12(2)9-7-11-13/h6,10,12-13H,3-5,7-9,11H2,1-2H3. The van der Waals surface area contributed by atoms with Crippen molar-refractivity contribution in [2.45, 2.75) is 58.8 Å². The third kappa shape index (κ3) is 4.50. The number of rotatable bonds is 1. The summed E-state index contributed by atoms with van der Waals surface area (Å²) in [5.74, 6) is 1.83. The van der Waals surface area contributed by atoms with Crippen LogP contribution < -0.4 is 0 Å². The van der Waals surface area contributed by atoms with Gasteiger partial charge in [0.1, 0.15) is 0 Å². The minimum Gasteiger partial charge on any atom is -0.0883 e. The molecule has 0 heteroatoms. The summed E-state index contributed by atoms with van der Waals surface area (Å²) in [7, 11) is 0. The maximum Gasteiger partial charge on any atom is -0.0236 e. The van der Waals surface area contributed by atoms with Crippen LogP contribution in [0, 0.1) is 11.8 Å². The molecular formula is C13H24. The zero-order valence-electron chi connectivity index (χ0n) is 9.26. The summed E-state index contributed by atoms with van der Waals surface area (Å²) in [6.07, 6.45) is 14.6. The van der Waals surface area contributed by atoms with Gasteiger partial charge in [0, 0.05) is 0 Å². The van der Waals surface area contributed by atoms with Gasteiger partial charge >= 0.3 is 0 Å². The maximum absolute atomic E-state index is 2.45. The highest BCUT2D eigenvalue weighted by Gasteiger charge is 2.06. The highest BCUT2D eigenvalue weighted by atomic mass is 14.1. The fourth-order valence-corrected chi connectivity index (χ4v) is 2.18. The average Bonchev–Trinajstić information content (AvgIpc) is 2.15. The van der Waals surface area contributed by atoms with Gasteiger partial charge in [-0.25, -0.2) is 0 Å². The quantitative estimate of drug-likeness (QED) is 0.519. The molecule has 0 heterocycles. The van der Waals surface area contributed by atoms with Gasteiger partial charge in [-0.05, 0) is 37.5 Å². The molecule has 0 saturated heterocycles. The summed E-state index contributed by atoms with van der Waals surface area (Å²) in [4.78, 5) is 0. The van der Waals surface area contributed by atoms with Gasteiger partial charge in [-0.2, -0.15) is 0 Å². The number of allylic oxidation sites excluding steroid dienone is 2. The second-order valence-electron chi connectivity index (χ2n) is 4.56. The predicted octanol–water partition coefficient (Wildman–Crippen LogP) is 4.56. The Bertz CT molecular complexity index is 146. The van der Waals surface area contributed by atoms with Crippen molar-refractivity contribution in [3.63, 3.8) is 0 Å². The zero-order chi connectivity index (χ0) is 9.52. The third-order valence-electron chi connectivity index (χ3n) is 3.27. The van der Waals surface area contributed by atoms with Crippen molar-refractivity contribution in [3.8, 4) is 0 Å². The molecular weight excluding hydrogens is 156 g/mol. The first kappa shape index (κ1) is 10.8. The third-order valence-corrected chi connectivity index (χ3v) is 3.27. The van der Waals surface area contributed by atoms with Crippen LogP contribution in [0.25, 0.3) is 0 Å². The van der Waals surface area contributed by atoms with Crippen LogP contribution in [0.5, 0.6) is 0 Å². The zero-order valence-corrected chi connectivity index (χ0v) is 9.26. The van der Waals surface area contributed by atoms with E-state index in [-0.39, 0.29) is 0 Å². The van der Waals surface area contributed by atoms with Gasteiger partial charge in [-0.1, -0.05) is 45.3 Å². The molecule has 0 fully saturated rings. The van der Waals surface area contributed by atoms with E-state index in [1.165, 1.54) is 44.9 Å². The van der Waals surface area contributed by atoms with Crippen LogP contribution in [0.15, 0.2) is 12.2 Å². The first-order valence-electron chi connectivity index (χ1n) is 5.99. The minimum atomic E-state index is 0.866. The second-order valence-corrected chi connectivity index (χ2v) is 4.56. The Labute approximate surface area is 83.4 Å². The van der Waals surface area contributed by atoms with Crippen molar-refractivity contribution < 1.29 is 0 Å². The first-order chi connectivity index (χ1) is 6.33. The lowest BCUT2D eigenvalue weighted by molar-refractivity contribution is 0.421. The van der Waals surface area contributed by atoms with E-state index in [4.69, 9.17) is 0 Å². The fraction of sp³-hybridized carbons (Fsp3) is 0.846. The van der Waals surface area contributed by atoms with Crippen LogP contribution in [-0.4, -0.2) is 0 Å². The van der Waals surface area contributed by atoms with E-state index < -0.39 is 0 Å². The largest absolute Gasteiger partial charge is 0.0883 e. The highest BCUT2D eigenvalue weighted by molar-refractivity contribution is 4.88. The lowest BCUT2D eigenvalue weighted by Crippen LogP contribution is -2.00. The Morgan fingerprint density at radius 3 is 2.69 bits per heavy atom. The summed E-state index contributed by atoms with van der Waals surface area (Å²) in [5.41, 5.74) is 0. The van der Waals surface area contributed by atoms with Gasteiger partial charge in [0.05, 0.1) is 0 Å². The van der Waals surface area contributed by atoms with Crippen molar-refractivity contribution in [3.05, 3.63) is 12.2 Å². The van der Waals surface area contributed by atoms with Gasteiger partial charge in [0.25, 0.3) is 0 Å². The molecule has 76 valence electrons. The van der Waals surface area contributed by atoms with Crippen molar-refractivity contribution in [2.75, 3.05) is 0 Å². The van der Waals surface area contributed by atoms with Crippen LogP contribution in [0.3, 0.4) is 0 Å². The summed E-state index contributed by atoms with van der Waals surface area (Å²) in [6, 6.07) is 0. The molecule has 0 aromatic heterocycles. The van der Waals surface area contributed by atoms with E-state index in [2.05, 4.69) is 26.0 Å². The molecule has 13 heavy (non-hydrogen) atoms. The smallest absolute Gasteiger partial charge is 0.0236 e. The Balaban J connectivity index is 2.37. The molecule has 0 bridgehead atoms. The number of hydrogen-bond acceptors (Lipinski definition) is 0. The Morgan fingerprint density at radius 1 is 1.15 bits per heavy atom. The van der Waals surface area contributed by atoms with Crippen LogP contribution in [0.2, 0.25) is 0 Å². The first-order valence-corrected chi connectivity index (χ1v) is 5.99. The van der Waals surface area contributed by atoms with E-state index in [0.29, 0.717) is 0 Å². The van der Waals surface area contributed by atoms with Crippen molar-refractivity contribution in [1.82, 2.24) is 0 Å². The Hall–Kier alpha value is -0.260. The molecule has 0 amide bonds. The van der Waals surface area contributed by atoms with Gasteiger partial charge in [-0.3, -0.25) is 0 Å². The molecule has 0 aromatic rings. The van der Waals surface area contributed by atoms with E-state index in [1.54, 1.807) is 0 Å². The van der Waals surface area contributed by atoms with Crippen molar-refractivity contribution >= 4 is 0 Å². The normalized spacial score (nSPS) is 31.5. The molecule has 0 nitrogen and oxygen atoms in total. The summed E-state index contributed by atoms with van der Waals surface area (Å²) in [6.45, 7) is 4.72. The molecule has 0 radical (unpaired) electrons. The van der Waals surface area contributed by atoms with Gasteiger partial charge in [-0.15, -0.1) is 0 Å². The lowest BCUT2D eigenvalue weighted by Gasteiger charge is -2.15.